The first-order chi connectivity index (χ1) is 13.1. The van der Waals surface area contributed by atoms with E-state index in [-0.39, 0.29) is 16.6 Å². The third-order valence-electron chi connectivity index (χ3n) is 4.61. The fourth-order valence-corrected chi connectivity index (χ4v) is 5.02. The minimum atomic E-state index is -0.435. The van der Waals surface area contributed by atoms with Crippen molar-refractivity contribution in [3.05, 3.63) is 72.4 Å². The van der Waals surface area contributed by atoms with Gasteiger partial charge in [-0.05, 0) is 24.7 Å². The zero-order valence-electron chi connectivity index (χ0n) is 18.1. The molecule has 0 saturated carbocycles. The second-order valence-corrected chi connectivity index (χ2v) is 11.5. The highest BCUT2D eigenvalue weighted by molar-refractivity contribution is 7.73. The molecule has 2 nitrogen and oxygen atoms in total. The molecule has 0 fully saturated rings. The lowest BCUT2D eigenvalue weighted by Crippen LogP contribution is -2.30. The fourth-order valence-electron chi connectivity index (χ4n) is 2.81. The Morgan fingerprint density at radius 1 is 0.821 bits per heavy atom. The molecule has 0 unspecified atom stereocenters. The molecule has 0 aliphatic rings. The molecule has 0 spiro atoms. The number of carbonyl (C=O) groups excluding carboxylic acids is 1. The highest BCUT2D eigenvalue weighted by Gasteiger charge is 2.24. The fraction of sp³-hybridized carbons (Fsp3) is 0.400. The van der Waals surface area contributed by atoms with Crippen LogP contribution in [0.2, 0.25) is 0 Å². The van der Waals surface area contributed by atoms with Crippen molar-refractivity contribution in [2.75, 3.05) is 12.7 Å². The maximum atomic E-state index is 12.5. The molecule has 0 atom stereocenters. The minimum Gasteiger partial charge on any atom is -0.387 e. The van der Waals surface area contributed by atoms with Crippen molar-refractivity contribution in [3.8, 4) is 0 Å². The number of carbonyl (C=O) groups is 1. The number of nitrogens with one attached hydrogen (secondary N) is 1. The Bertz CT molecular complexity index is 743. The lowest BCUT2D eigenvalue weighted by Gasteiger charge is -2.27. The van der Waals surface area contributed by atoms with E-state index in [0.29, 0.717) is 0 Å². The molecule has 150 valence electrons. The summed E-state index contributed by atoms with van der Waals surface area (Å²) in [6, 6.07) is 21.5. The smallest absolute Gasteiger partial charge is 0.162 e. The monoisotopic (exact) mass is 395 g/mol. The van der Waals surface area contributed by atoms with E-state index in [4.69, 9.17) is 0 Å². The highest BCUT2D eigenvalue weighted by Crippen LogP contribution is 2.33. The van der Waals surface area contributed by atoms with Gasteiger partial charge in [0.05, 0.1) is 0 Å². The molecule has 1 N–H and O–H groups in total. The van der Waals surface area contributed by atoms with Gasteiger partial charge >= 0.3 is 0 Å². The molecule has 0 saturated heterocycles. The Morgan fingerprint density at radius 2 is 1.29 bits per heavy atom. The summed E-state index contributed by atoms with van der Waals surface area (Å²) in [6.07, 6.45) is 2.84. The lowest BCUT2D eigenvalue weighted by atomic mass is 9.85. The van der Waals surface area contributed by atoms with E-state index in [9.17, 15) is 4.79 Å². The Kier molecular flexibility index (Phi) is 7.61. The van der Waals surface area contributed by atoms with Crippen LogP contribution in [0.4, 0.5) is 0 Å². The van der Waals surface area contributed by atoms with Crippen molar-refractivity contribution in [3.63, 3.8) is 0 Å². The van der Waals surface area contributed by atoms with Crippen LogP contribution in [-0.4, -0.2) is 18.5 Å². The summed E-state index contributed by atoms with van der Waals surface area (Å²) in [5.41, 5.74) is 0.561. The third-order valence-corrected chi connectivity index (χ3v) is 7.12. The molecule has 2 aromatic rings. The van der Waals surface area contributed by atoms with Crippen molar-refractivity contribution >= 4 is 24.3 Å². The summed E-state index contributed by atoms with van der Waals surface area (Å²) in [5.74, 6) is 0.165. The summed E-state index contributed by atoms with van der Waals surface area (Å²) < 4.78 is 0. The van der Waals surface area contributed by atoms with Gasteiger partial charge in [0.15, 0.2) is 5.78 Å². The number of hydrogen-bond donors (Lipinski definition) is 1. The van der Waals surface area contributed by atoms with Crippen LogP contribution in [0.5, 0.6) is 0 Å². The molecule has 3 heteroatoms. The van der Waals surface area contributed by atoms with Gasteiger partial charge in [0.2, 0.25) is 0 Å². The van der Waals surface area contributed by atoms with Gasteiger partial charge in [-0.15, -0.1) is 0 Å². The molecule has 0 aliphatic carbocycles. The largest absolute Gasteiger partial charge is 0.387 e. The zero-order valence-corrected chi connectivity index (χ0v) is 19.0. The van der Waals surface area contributed by atoms with E-state index in [1.807, 2.05) is 26.8 Å². The molecule has 0 heterocycles. The van der Waals surface area contributed by atoms with Crippen LogP contribution in [0.25, 0.3) is 0 Å². The van der Waals surface area contributed by atoms with Crippen LogP contribution in [0, 0.1) is 10.8 Å². The Hall–Kier alpha value is -1.92. The Morgan fingerprint density at radius 3 is 1.68 bits per heavy atom. The predicted molar refractivity (Wildman–Crippen MR) is 124 cm³/mol. The van der Waals surface area contributed by atoms with Gasteiger partial charge in [-0.1, -0.05) is 102 Å². The van der Waals surface area contributed by atoms with Crippen molar-refractivity contribution in [2.24, 2.45) is 10.8 Å². The van der Waals surface area contributed by atoms with Crippen molar-refractivity contribution in [1.82, 2.24) is 5.32 Å². The van der Waals surface area contributed by atoms with E-state index in [1.165, 1.54) is 10.6 Å². The van der Waals surface area contributed by atoms with E-state index in [2.05, 4.69) is 86.8 Å². The van der Waals surface area contributed by atoms with Crippen LogP contribution in [-0.2, 0) is 4.79 Å². The summed E-state index contributed by atoms with van der Waals surface area (Å²) >= 11 is 0. The van der Waals surface area contributed by atoms with Gasteiger partial charge in [0, 0.05) is 29.1 Å². The lowest BCUT2D eigenvalue weighted by molar-refractivity contribution is -0.121. The van der Waals surface area contributed by atoms with E-state index >= 15 is 0 Å². The molecule has 0 aromatic heterocycles. The molecule has 28 heavy (non-hydrogen) atoms. The van der Waals surface area contributed by atoms with E-state index in [0.717, 1.165) is 18.4 Å². The third kappa shape index (κ3) is 6.60. The molecular formula is C25H34NOP. The van der Waals surface area contributed by atoms with Crippen LogP contribution in [0.15, 0.2) is 72.4 Å². The summed E-state index contributed by atoms with van der Waals surface area (Å²) in [5, 5.41) is 6.36. The van der Waals surface area contributed by atoms with Gasteiger partial charge in [-0.2, -0.15) is 0 Å². The number of hydrogen-bond acceptors (Lipinski definition) is 2. The van der Waals surface area contributed by atoms with Gasteiger partial charge in [-0.25, -0.2) is 0 Å². The Balaban J connectivity index is 2.18. The van der Waals surface area contributed by atoms with Crippen molar-refractivity contribution in [1.29, 1.82) is 0 Å². The molecule has 2 aromatic carbocycles. The van der Waals surface area contributed by atoms with Gasteiger partial charge < -0.3 is 5.32 Å². The van der Waals surface area contributed by atoms with Gasteiger partial charge in [0.25, 0.3) is 0 Å². The number of rotatable bonds is 7. The number of allylic oxidation sites excluding steroid dienone is 2. The molecule has 0 amide bonds. The topological polar surface area (TPSA) is 29.1 Å². The molecule has 2 rings (SSSR count). The van der Waals surface area contributed by atoms with Crippen molar-refractivity contribution in [2.45, 2.75) is 41.5 Å². The first kappa shape index (κ1) is 22.4. The van der Waals surface area contributed by atoms with Gasteiger partial charge in [0.1, 0.15) is 0 Å². The minimum absolute atomic E-state index is 0.0941. The maximum absolute atomic E-state index is 12.5. The summed E-state index contributed by atoms with van der Waals surface area (Å²) in [6.45, 7) is 13.2. The maximum Gasteiger partial charge on any atom is 0.162 e. The first-order valence-corrected chi connectivity index (χ1v) is 11.5. The SMILES string of the molecule is CC(C)(C)C(=O)/C=C(\NCCP(c1ccccc1)c1ccccc1)C(C)(C)C. The second kappa shape index (κ2) is 9.52. The zero-order chi connectivity index (χ0) is 20.8. The molecule has 0 radical (unpaired) electrons. The predicted octanol–water partition coefficient (Wildman–Crippen LogP) is 5.25. The first-order valence-electron chi connectivity index (χ1n) is 9.97. The quantitative estimate of drug-likeness (QED) is 0.512. The second-order valence-electron chi connectivity index (χ2n) is 9.17. The normalized spacial score (nSPS) is 12.9. The summed E-state index contributed by atoms with van der Waals surface area (Å²) in [4.78, 5) is 12.5. The molecular weight excluding hydrogens is 361 g/mol. The standard InChI is InChI=1S/C25H34NOP/c1-24(2,3)22(19-23(27)25(4,5)6)26-17-18-28(20-13-9-7-10-14-20)21-15-11-8-12-16-21/h7-16,19,26H,17-18H2,1-6H3/b22-19-. The van der Waals surface area contributed by atoms with Crippen LogP contribution < -0.4 is 15.9 Å². The Labute approximate surface area is 172 Å². The van der Waals surface area contributed by atoms with Crippen molar-refractivity contribution < 1.29 is 4.79 Å². The highest BCUT2D eigenvalue weighted by atomic mass is 31.1. The van der Waals surface area contributed by atoms with Crippen LogP contribution in [0.1, 0.15) is 41.5 Å². The molecule has 0 bridgehead atoms. The van der Waals surface area contributed by atoms with Gasteiger partial charge in [-0.3, -0.25) is 4.79 Å². The van der Waals surface area contributed by atoms with E-state index < -0.39 is 7.92 Å². The van der Waals surface area contributed by atoms with E-state index in [1.54, 1.807) is 0 Å². The van der Waals surface area contributed by atoms with Crippen LogP contribution >= 0.6 is 7.92 Å². The average molecular weight is 396 g/mol. The summed E-state index contributed by atoms with van der Waals surface area (Å²) in [7, 11) is -0.435. The molecule has 0 aliphatic heterocycles. The average Bonchev–Trinajstić information content (AvgIpc) is 2.64. The number of ketones is 1. The van der Waals surface area contributed by atoms with Crippen LogP contribution in [0.3, 0.4) is 0 Å². The number of benzene rings is 2.